The number of rotatable bonds is 3. The van der Waals surface area contributed by atoms with Crippen LogP contribution < -0.4 is 0 Å². The smallest absolute Gasteiger partial charge is 0.335 e. The fraction of sp³-hybridized carbons (Fsp3) is 0.769. The summed E-state index contributed by atoms with van der Waals surface area (Å²) >= 11 is 0. The topological polar surface area (TPSA) is 88.1 Å². The minimum absolute atomic E-state index is 0.235. The van der Waals surface area contributed by atoms with E-state index in [2.05, 4.69) is 4.74 Å². The first kappa shape index (κ1) is 16.4. The van der Waals surface area contributed by atoms with Gasteiger partial charge in [0.2, 0.25) is 6.29 Å². The second-order valence-corrected chi connectivity index (χ2v) is 4.85. The molecule has 1 aliphatic rings. The Hall–Kier alpha value is -1.63. The van der Waals surface area contributed by atoms with E-state index < -0.39 is 36.4 Å². The second kappa shape index (κ2) is 6.69. The van der Waals surface area contributed by atoms with Gasteiger partial charge in [-0.3, -0.25) is 9.59 Å². The number of esters is 3. The van der Waals surface area contributed by atoms with Crippen LogP contribution in [0.3, 0.4) is 0 Å². The summed E-state index contributed by atoms with van der Waals surface area (Å²) in [4.78, 5) is 34.0. The van der Waals surface area contributed by atoms with Crippen molar-refractivity contribution in [2.45, 2.75) is 46.2 Å². The zero-order valence-corrected chi connectivity index (χ0v) is 12.2. The Morgan fingerprint density at radius 3 is 1.95 bits per heavy atom. The quantitative estimate of drug-likeness (QED) is 0.556. The van der Waals surface area contributed by atoms with Crippen LogP contribution in [-0.4, -0.2) is 43.5 Å². The fourth-order valence-electron chi connectivity index (χ4n) is 2.17. The van der Waals surface area contributed by atoms with Gasteiger partial charge in [-0.2, -0.15) is 0 Å². The summed E-state index contributed by atoms with van der Waals surface area (Å²) in [5.74, 6) is -2.13. The largest absolute Gasteiger partial charge is 0.467 e. The highest BCUT2D eigenvalue weighted by atomic mass is 16.7. The highest BCUT2D eigenvalue weighted by Crippen LogP contribution is 2.33. The SMILES string of the molecule is COC(=O)C1OC(OC(C)=O)C(OC(C)=O)C(C)C1C. The summed E-state index contributed by atoms with van der Waals surface area (Å²) in [7, 11) is 1.25. The number of ether oxygens (including phenoxy) is 4. The van der Waals surface area contributed by atoms with Crippen molar-refractivity contribution in [3.8, 4) is 0 Å². The molecule has 0 bridgehead atoms. The summed E-state index contributed by atoms with van der Waals surface area (Å²) < 4.78 is 20.3. The van der Waals surface area contributed by atoms with E-state index in [-0.39, 0.29) is 11.8 Å². The third-order valence-electron chi connectivity index (χ3n) is 3.39. The molecule has 0 aliphatic carbocycles. The average molecular weight is 288 g/mol. The molecule has 0 aromatic heterocycles. The van der Waals surface area contributed by atoms with Crippen LogP contribution >= 0.6 is 0 Å². The molecule has 0 saturated carbocycles. The molecule has 0 aromatic rings. The van der Waals surface area contributed by atoms with E-state index in [4.69, 9.17) is 14.2 Å². The van der Waals surface area contributed by atoms with Crippen molar-refractivity contribution in [2.24, 2.45) is 11.8 Å². The number of hydrogen-bond donors (Lipinski definition) is 0. The molecule has 0 spiro atoms. The normalized spacial score (nSPS) is 33.1. The Kier molecular flexibility index (Phi) is 5.50. The minimum Gasteiger partial charge on any atom is -0.467 e. The van der Waals surface area contributed by atoms with Gasteiger partial charge in [0.05, 0.1) is 7.11 Å². The molecule has 1 fully saturated rings. The van der Waals surface area contributed by atoms with Crippen molar-refractivity contribution in [3.05, 3.63) is 0 Å². The fourth-order valence-corrected chi connectivity index (χ4v) is 2.17. The van der Waals surface area contributed by atoms with Gasteiger partial charge in [0, 0.05) is 19.8 Å². The monoisotopic (exact) mass is 288 g/mol. The van der Waals surface area contributed by atoms with Crippen LogP contribution in [0, 0.1) is 11.8 Å². The zero-order valence-electron chi connectivity index (χ0n) is 12.2. The van der Waals surface area contributed by atoms with Crippen molar-refractivity contribution in [1.29, 1.82) is 0 Å². The van der Waals surface area contributed by atoms with Crippen LogP contribution in [0.4, 0.5) is 0 Å². The van der Waals surface area contributed by atoms with Gasteiger partial charge in [-0.05, 0) is 5.92 Å². The Balaban J connectivity index is 2.97. The molecule has 5 unspecified atom stereocenters. The molecule has 1 heterocycles. The van der Waals surface area contributed by atoms with E-state index in [0.717, 1.165) is 0 Å². The summed E-state index contributed by atoms with van der Waals surface area (Å²) in [6.45, 7) is 6.05. The molecule has 1 aliphatic heterocycles. The molecule has 0 radical (unpaired) electrons. The second-order valence-electron chi connectivity index (χ2n) is 4.85. The van der Waals surface area contributed by atoms with Gasteiger partial charge in [0.25, 0.3) is 0 Å². The standard InChI is InChI=1S/C13H20O7/c1-6-7(2)11(18-8(3)14)13(19-9(4)15)20-10(6)12(16)17-5/h6-7,10-11,13H,1-5H3. The highest BCUT2D eigenvalue weighted by molar-refractivity contribution is 5.75. The van der Waals surface area contributed by atoms with Crippen LogP contribution in [0.5, 0.6) is 0 Å². The summed E-state index contributed by atoms with van der Waals surface area (Å²) in [6, 6.07) is 0. The maximum Gasteiger partial charge on any atom is 0.335 e. The predicted molar refractivity (Wildman–Crippen MR) is 66.3 cm³/mol. The van der Waals surface area contributed by atoms with Gasteiger partial charge in [0.1, 0.15) is 0 Å². The molecular weight excluding hydrogens is 268 g/mol. The molecule has 7 heteroatoms. The van der Waals surface area contributed by atoms with Gasteiger partial charge in [-0.1, -0.05) is 13.8 Å². The first-order valence-corrected chi connectivity index (χ1v) is 6.35. The lowest BCUT2D eigenvalue weighted by Gasteiger charge is -2.41. The van der Waals surface area contributed by atoms with E-state index in [1.165, 1.54) is 21.0 Å². The van der Waals surface area contributed by atoms with Gasteiger partial charge >= 0.3 is 17.9 Å². The van der Waals surface area contributed by atoms with Gasteiger partial charge < -0.3 is 18.9 Å². The molecule has 114 valence electrons. The lowest BCUT2D eigenvalue weighted by Crippen LogP contribution is -2.54. The van der Waals surface area contributed by atoms with E-state index in [9.17, 15) is 14.4 Å². The van der Waals surface area contributed by atoms with Crippen molar-refractivity contribution in [1.82, 2.24) is 0 Å². The lowest BCUT2D eigenvalue weighted by molar-refractivity contribution is -0.266. The third kappa shape index (κ3) is 3.69. The van der Waals surface area contributed by atoms with Gasteiger partial charge in [-0.15, -0.1) is 0 Å². The van der Waals surface area contributed by atoms with Crippen LogP contribution in [-0.2, 0) is 33.3 Å². The van der Waals surface area contributed by atoms with Gasteiger partial charge in [-0.25, -0.2) is 4.79 Å². The maximum absolute atomic E-state index is 11.7. The maximum atomic E-state index is 11.7. The number of carbonyl (C=O) groups excluding carboxylic acids is 3. The Labute approximate surface area is 117 Å². The number of methoxy groups -OCH3 is 1. The van der Waals surface area contributed by atoms with E-state index in [0.29, 0.717) is 0 Å². The van der Waals surface area contributed by atoms with Crippen LogP contribution in [0.2, 0.25) is 0 Å². The summed E-state index contributed by atoms with van der Waals surface area (Å²) in [5.41, 5.74) is 0. The van der Waals surface area contributed by atoms with Crippen LogP contribution in [0.1, 0.15) is 27.7 Å². The van der Waals surface area contributed by atoms with E-state index >= 15 is 0 Å². The molecule has 0 N–H and O–H groups in total. The van der Waals surface area contributed by atoms with Crippen LogP contribution in [0.25, 0.3) is 0 Å². The van der Waals surface area contributed by atoms with Gasteiger partial charge in [0.15, 0.2) is 12.2 Å². The minimum atomic E-state index is -1.12. The lowest BCUT2D eigenvalue weighted by atomic mass is 9.83. The molecule has 5 atom stereocenters. The average Bonchev–Trinajstić information content (AvgIpc) is 2.36. The zero-order chi connectivity index (χ0) is 15.4. The molecular formula is C13H20O7. The molecule has 0 amide bonds. The summed E-state index contributed by atoms with van der Waals surface area (Å²) in [5, 5.41) is 0. The molecule has 7 nitrogen and oxygen atoms in total. The highest BCUT2D eigenvalue weighted by Gasteiger charge is 2.48. The molecule has 0 aromatic carbocycles. The molecule has 1 saturated heterocycles. The number of hydrogen-bond acceptors (Lipinski definition) is 7. The van der Waals surface area contributed by atoms with Crippen molar-refractivity contribution < 1.29 is 33.3 Å². The predicted octanol–water partition coefficient (Wildman–Crippen LogP) is 0.651. The van der Waals surface area contributed by atoms with E-state index in [1.54, 1.807) is 13.8 Å². The van der Waals surface area contributed by atoms with Crippen LogP contribution in [0.15, 0.2) is 0 Å². The molecule has 20 heavy (non-hydrogen) atoms. The van der Waals surface area contributed by atoms with Crippen molar-refractivity contribution in [3.63, 3.8) is 0 Å². The number of carbonyl (C=O) groups is 3. The van der Waals surface area contributed by atoms with Crippen molar-refractivity contribution >= 4 is 17.9 Å². The Morgan fingerprint density at radius 1 is 0.950 bits per heavy atom. The Bertz CT molecular complexity index is 392. The first-order chi connectivity index (χ1) is 9.27. The third-order valence-corrected chi connectivity index (χ3v) is 3.39. The summed E-state index contributed by atoms with van der Waals surface area (Å²) in [6.07, 6.45) is -2.75. The van der Waals surface area contributed by atoms with E-state index in [1.807, 2.05) is 0 Å². The molecule has 1 rings (SSSR count). The Morgan fingerprint density at radius 2 is 1.50 bits per heavy atom. The van der Waals surface area contributed by atoms with Crippen molar-refractivity contribution in [2.75, 3.05) is 7.11 Å². The first-order valence-electron chi connectivity index (χ1n) is 6.35.